The highest BCUT2D eigenvalue weighted by Crippen LogP contribution is 2.81. The molecule has 2 aliphatic heterocycles. The molecule has 3 unspecified atom stereocenters. The Hall–Kier alpha value is -2.48. The Morgan fingerprint density at radius 3 is 2.91 bits per heavy atom. The number of thioether (sulfide) groups is 1. The number of carbonyl (C=O) groups is 3. The average Bonchev–Trinajstić information content (AvgIpc) is 2.93. The van der Waals surface area contributed by atoms with Crippen molar-refractivity contribution in [2.45, 2.75) is 10.3 Å². The molecule has 8 heteroatoms. The van der Waals surface area contributed by atoms with Crippen LogP contribution in [0.5, 0.6) is 0 Å². The van der Waals surface area contributed by atoms with Gasteiger partial charge < -0.3 is 14.3 Å². The minimum atomic E-state index is -1.15. The molecular weight excluding hydrogens is 322 g/mol. The van der Waals surface area contributed by atoms with Gasteiger partial charge in [-0.3, -0.25) is 9.69 Å². The number of β-lactam (4-membered cyclic amide) rings is 1. The van der Waals surface area contributed by atoms with Crippen molar-refractivity contribution in [3.8, 4) is 0 Å². The van der Waals surface area contributed by atoms with Crippen LogP contribution in [0.25, 0.3) is 0 Å². The van der Waals surface area contributed by atoms with Gasteiger partial charge in [0.2, 0.25) is 5.91 Å². The predicted octanol–water partition coefficient (Wildman–Crippen LogP) is 1.09. The van der Waals surface area contributed by atoms with Crippen LogP contribution >= 0.6 is 11.8 Å². The number of aliphatic carboxylic acids is 1. The Balaban J connectivity index is 1.80. The fourth-order valence-electron chi connectivity index (χ4n) is 3.61. The third kappa shape index (κ3) is 1.40. The van der Waals surface area contributed by atoms with Crippen LogP contribution in [-0.4, -0.2) is 39.8 Å². The van der Waals surface area contributed by atoms with E-state index >= 15 is 0 Å². The Kier molecular flexibility index (Phi) is 2.63. The number of carboxylic acid groups (broad SMARTS) is 1. The third-order valence-corrected chi connectivity index (χ3v) is 6.03. The highest BCUT2D eigenvalue weighted by Gasteiger charge is 2.93. The van der Waals surface area contributed by atoms with Crippen molar-refractivity contribution >= 4 is 29.6 Å². The van der Waals surface area contributed by atoms with Gasteiger partial charge in [-0.1, -0.05) is 6.08 Å². The highest BCUT2D eigenvalue weighted by atomic mass is 32.2. The number of furan rings is 1. The lowest BCUT2D eigenvalue weighted by molar-refractivity contribution is -0.146. The maximum atomic E-state index is 12.4. The molecule has 1 saturated heterocycles. The molecule has 1 spiro atoms. The molecule has 1 aromatic rings. The molecule has 1 aromatic heterocycles. The van der Waals surface area contributed by atoms with Crippen LogP contribution in [0, 0.1) is 5.92 Å². The Labute approximate surface area is 134 Å². The molecule has 1 amide bonds. The first kappa shape index (κ1) is 14.1. The second-order valence-corrected chi connectivity index (χ2v) is 6.53. The molecule has 23 heavy (non-hydrogen) atoms. The SMILES string of the molecule is COC(=O)/C=C\C1(c2ccco2)C2C(=O)N3C(C(=O)O)=CSC231. The van der Waals surface area contributed by atoms with Crippen molar-refractivity contribution in [2.24, 2.45) is 5.92 Å². The lowest BCUT2D eigenvalue weighted by Gasteiger charge is -2.34. The molecule has 4 rings (SSSR count). The second-order valence-electron chi connectivity index (χ2n) is 5.43. The number of amides is 1. The Morgan fingerprint density at radius 2 is 2.30 bits per heavy atom. The summed E-state index contributed by atoms with van der Waals surface area (Å²) < 4.78 is 10.1. The van der Waals surface area contributed by atoms with Crippen LogP contribution in [0.15, 0.2) is 46.1 Å². The van der Waals surface area contributed by atoms with Gasteiger partial charge in [-0.2, -0.15) is 0 Å². The van der Waals surface area contributed by atoms with Crippen molar-refractivity contribution in [1.82, 2.24) is 4.90 Å². The molecule has 2 fully saturated rings. The number of carbonyl (C=O) groups excluding carboxylic acids is 2. The summed E-state index contributed by atoms with van der Waals surface area (Å²) in [5.41, 5.74) is -0.920. The lowest BCUT2D eigenvalue weighted by atomic mass is 10.00. The molecule has 3 heterocycles. The van der Waals surface area contributed by atoms with E-state index in [1.54, 1.807) is 18.2 Å². The first-order chi connectivity index (χ1) is 11.0. The van der Waals surface area contributed by atoms with E-state index in [-0.39, 0.29) is 11.6 Å². The summed E-state index contributed by atoms with van der Waals surface area (Å²) >= 11 is 1.27. The van der Waals surface area contributed by atoms with E-state index in [1.165, 1.54) is 41.5 Å². The van der Waals surface area contributed by atoms with Gasteiger partial charge in [-0.25, -0.2) is 9.59 Å². The van der Waals surface area contributed by atoms with Crippen molar-refractivity contribution in [2.75, 3.05) is 7.11 Å². The maximum absolute atomic E-state index is 12.4. The van der Waals surface area contributed by atoms with Gasteiger partial charge in [-0.05, 0) is 12.1 Å². The molecule has 0 aromatic carbocycles. The Morgan fingerprint density at radius 1 is 1.52 bits per heavy atom. The third-order valence-electron chi connectivity index (χ3n) is 4.58. The van der Waals surface area contributed by atoms with Crippen LogP contribution < -0.4 is 0 Å². The molecule has 118 valence electrons. The number of nitrogens with zero attached hydrogens (tertiary/aromatic N) is 1. The number of carboxylic acids is 1. The molecule has 3 atom stereocenters. The summed E-state index contributed by atoms with van der Waals surface area (Å²) in [6.07, 6.45) is 4.32. The van der Waals surface area contributed by atoms with Crippen molar-refractivity contribution in [3.05, 3.63) is 47.4 Å². The normalized spacial score (nSPS) is 33.8. The molecule has 1 aliphatic carbocycles. The van der Waals surface area contributed by atoms with Crippen molar-refractivity contribution in [3.63, 3.8) is 0 Å². The molecule has 0 bridgehead atoms. The maximum Gasteiger partial charge on any atom is 0.353 e. The minimum Gasteiger partial charge on any atom is -0.477 e. The molecular formula is C15H11NO6S. The van der Waals surface area contributed by atoms with Crippen LogP contribution in [0.2, 0.25) is 0 Å². The summed E-state index contributed by atoms with van der Waals surface area (Å²) in [5.74, 6) is -1.92. The lowest BCUT2D eigenvalue weighted by Crippen LogP contribution is -2.51. The van der Waals surface area contributed by atoms with E-state index in [9.17, 15) is 19.5 Å². The summed E-state index contributed by atoms with van der Waals surface area (Å²) in [5, 5.41) is 10.7. The minimum absolute atomic E-state index is 0.0452. The zero-order valence-electron chi connectivity index (χ0n) is 11.9. The summed E-state index contributed by atoms with van der Waals surface area (Å²) in [7, 11) is 1.26. The summed E-state index contributed by atoms with van der Waals surface area (Å²) in [4.78, 5) is 35.8. The van der Waals surface area contributed by atoms with E-state index in [0.29, 0.717) is 5.76 Å². The number of hydrogen-bond acceptors (Lipinski definition) is 6. The average molecular weight is 333 g/mol. The quantitative estimate of drug-likeness (QED) is 0.500. The first-order valence-corrected chi connectivity index (χ1v) is 7.65. The van der Waals surface area contributed by atoms with E-state index < -0.39 is 28.1 Å². The van der Waals surface area contributed by atoms with Gasteiger partial charge in [0.05, 0.1) is 24.7 Å². The van der Waals surface area contributed by atoms with Gasteiger partial charge in [0.15, 0.2) is 0 Å². The van der Waals surface area contributed by atoms with Gasteiger partial charge in [0, 0.05) is 11.5 Å². The van der Waals surface area contributed by atoms with Crippen LogP contribution in [0.1, 0.15) is 5.76 Å². The molecule has 0 radical (unpaired) electrons. The molecule has 1 saturated carbocycles. The predicted molar refractivity (Wildman–Crippen MR) is 77.9 cm³/mol. The Bertz CT molecular complexity index is 797. The number of rotatable bonds is 4. The van der Waals surface area contributed by atoms with Crippen molar-refractivity contribution < 1.29 is 28.6 Å². The van der Waals surface area contributed by atoms with Crippen molar-refractivity contribution in [1.29, 1.82) is 0 Å². The molecule has 7 nitrogen and oxygen atoms in total. The van der Waals surface area contributed by atoms with Gasteiger partial charge in [0.1, 0.15) is 16.3 Å². The number of hydrogen-bond donors (Lipinski definition) is 1. The topological polar surface area (TPSA) is 97.0 Å². The molecule has 1 N–H and O–H groups in total. The summed E-state index contributed by atoms with van der Waals surface area (Å²) in [6.45, 7) is 0. The number of ether oxygens (including phenoxy) is 1. The van der Waals surface area contributed by atoms with E-state index in [4.69, 9.17) is 4.42 Å². The van der Waals surface area contributed by atoms with E-state index in [2.05, 4.69) is 4.74 Å². The van der Waals surface area contributed by atoms with Crippen LogP contribution in [0.4, 0.5) is 0 Å². The first-order valence-electron chi connectivity index (χ1n) is 6.77. The second kappa shape index (κ2) is 4.29. The number of methoxy groups -OCH3 is 1. The zero-order chi connectivity index (χ0) is 16.4. The van der Waals surface area contributed by atoms with Gasteiger partial charge >= 0.3 is 11.9 Å². The monoisotopic (exact) mass is 333 g/mol. The fraction of sp³-hybridized carbons (Fsp3) is 0.267. The highest BCUT2D eigenvalue weighted by molar-refractivity contribution is 8.04. The number of esters is 1. The van der Waals surface area contributed by atoms with E-state index in [0.717, 1.165) is 0 Å². The van der Waals surface area contributed by atoms with Crippen LogP contribution in [-0.2, 0) is 24.5 Å². The largest absolute Gasteiger partial charge is 0.477 e. The smallest absolute Gasteiger partial charge is 0.353 e. The van der Waals surface area contributed by atoms with Gasteiger partial charge in [-0.15, -0.1) is 11.8 Å². The standard InChI is InChI=1S/C15H11NO6S/c1-21-10(17)4-5-14(9-3-2-6-22-9)11-12(18)16-8(13(19)20)7-23-15(11,14)16/h2-7,11H,1H3,(H,19,20)/b5-4-. The van der Waals surface area contributed by atoms with E-state index in [1.807, 2.05) is 0 Å². The fourth-order valence-corrected chi connectivity index (χ4v) is 5.25. The van der Waals surface area contributed by atoms with Gasteiger partial charge in [0.25, 0.3) is 0 Å². The molecule has 3 aliphatic rings. The van der Waals surface area contributed by atoms with Crippen LogP contribution in [0.3, 0.4) is 0 Å². The summed E-state index contributed by atoms with van der Waals surface area (Å²) in [6, 6.07) is 3.41. The zero-order valence-corrected chi connectivity index (χ0v) is 12.7.